The van der Waals surface area contributed by atoms with Gasteiger partial charge in [-0.3, -0.25) is 4.90 Å². The first-order valence-electron chi connectivity index (χ1n) is 7.37. The van der Waals surface area contributed by atoms with Crippen LogP contribution in [0.5, 0.6) is 5.75 Å². The summed E-state index contributed by atoms with van der Waals surface area (Å²) < 4.78 is 6.21. The predicted octanol–water partition coefficient (Wildman–Crippen LogP) is 2.44. The second-order valence-electron chi connectivity index (χ2n) is 5.51. The van der Waals surface area contributed by atoms with Gasteiger partial charge < -0.3 is 10.5 Å². The fraction of sp³-hybridized carbons (Fsp3) is 0.625. The van der Waals surface area contributed by atoms with Gasteiger partial charge in [-0.05, 0) is 58.0 Å². The smallest absolute Gasteiger partial charge is 0.123 e. The Balaban J connectivity index is 2.03. The number of nitrogens with two attached hydrogens (primary N) is 1. The third-order valence-corrected chi connectivity index (χ3v) is 4.07. The minimum absolute atomic E-state index is 0.226. The maximum absolute atomic E-state index is 6.21. The Morgan fingerprint density at radius 2 is 2.16 bits per heavy atom. The lowest BCUT2D eigenvalue weighted by molar-refractivity contribution is 0.0680. The summed E-state index contributed by atoms with van der Waals surface area (Å²) in [6.45, 7) is 4.03. The Labute approximate surface area is 116 Å². The topological polar surface area (TPSA) is 38.5 Å². The minimum Gasteiger partial charge on any atom is -0.489 e. The van der Waals surface area contributed by atoms with Crippen LogP contribution in [0.4, 0.5) is 0 Å². The van der Waals surface area contributed by atoms with Crippen molar-refractivity contribution in [3.8, 4) is 5.75 Å². The van der Waals surface area contributed by atoms with Crippen molar-refractivity contribution in [2.75, 3.05) is 20.1 Å². The SMILES string of the molecule is CC(Oc1ccccc1CCN)C1CCCCN1C. The molecule has 2 rings (SSSR count). The van der Waals surface area contributed by atoms with Crippen LogP contribution in [0.2, 0.25) is 0 Å². The fourth-order valence-electron chi connectivity index (χ4n) is 2.95. The van der Waals surface area contributed by atoms with Gasteiger partial charge in [0, 0.05) is 6.04 Å². The van der Waals surface area contributed by atoms with Crippen molar-refractivity contribution in [2.45, 2.75) is 44.8 Å². The summed E-state index contributed by atoms with van der Waals surface area (Å²) in [7, 11) is 2.20. The first-order chi connectivity index (χ1) is 9.22. The van der Waals surface area contributed by atoms with E-state index >= 15 is 0 Å². The molecule has 106 valence electrons. The molecule has 1 aromatic rings. The van der Waals surface area contributed by atoms with Gasteiger partial charge in [-0.1, -0.05) is 24.6 Å². The van der Waals surface area contributed by atoms with Crippen LogP contribution in [0, 0.1) is 0 Å². The summed E-state index contributed by atoms with van der Waals surface area (Å²) in [5, 5.41) is 0. The molecular formula is C16H26N2O. The highest BCUT2D eigenvalue weighted by Gasteiger charge is 2.26. The van der Waals surface area contributed by atoms with Crippen molar-refractivity contribution < 1.29 is 4.74 Å². The summed E-state index contributed by atoms with van der Waals surface area (Å²) >= 11 is 0. The maximum atomic E-state index is 6.21. The fourth-order valence-corrected chi connectivity index (χ4v) is 2.95. The number of para-hydroxylation sites is 1. The van der Waals surface area contributed by atoms with Crippen molar-refractivity contribution in [1.82, 2.24) is 4.90 Å². The lowest BCUT2D eigenvalue weighted by Crippen LogP contribution is -2.45. The van der Waals surface area contributed by atoms with E-state index in [9.17, 15) is 0 Å². The molecule has 1 saturated heterocycles. The normalized spacial score (nSPS) is 22.2. The van der Waals surface area contributed by atoms with Gasteiger partial charge in [0.1, 0.15) is 11.9 Å². The van der Waals surface area contributed by atoms with Gasteiger partial charge in [-0.15, -0.1) is 0 Å². The molecule has 0 aromatic heterocycles. The minimum atomic E-state index is 0.226. The number of likely N-dealkylation sites (N-methyl/N-ethyl adjacent to an activating group) is 1. The van der Waals surface area contributed by atoms with E-state index in [2.05, 4.69) is 37.1 Å². The highest BCUT2D eigenvalue weighted by molar-refractivity contribution is 5.33. The van der Waals surface area contributed by atoms with Crippen LogP contribution in [0.25, 0.3) is 0 Å². The molecule has 3 nitrogen and oxygen atoms in total. The zero-order valence-electron chi connectivity index (χ0n) is 12.1. The maximum Gasteiger partial charge on any atom is 0.123 e. The molecule has 0 radical (unpaired) electrons. The largest absolute Gasteiger partial charge is 0.489 e. The van der Waals surface area contributed by atoms with E-state index < -0.39 is 0 Å². The lowest BCUT2D eigenvalue weighted by Gasteiger charge is -2.36. The van der Waals surface area contributed by atoms with E-state index in [1.165, 1.54) is 31.4 Å². The predicted molar refractivity (Wildman–Crippen MR) is 79.6 cm³/mol. The molecule has 0 aliphatic carbocycles. The zero-order valence-corrected chi connectivity index (χ0v) is 12.1. The summed E-state index contributed by atoms with van der Waals surface area (Å²) in [4.78, 5) is 2.43. The Kier molecular flexibility index (Phi) is 5.23. The molecule has 1 aliphatic rings. The Hall–Kier alpha value is -1.06. The quantitative estimate of drug-likeness (QED) is 0.886. The number of hydrogen-bond acceptors (Lipinski definition) is 3. The summed E-state index contributed by atoms with van der Waals surface area (Å²) in [6.07, 6.45) is 4.96. The van der Waals surface area contributed by atoms with Crippen LogP contribution < -0.4 is 10.5 Å². The molecule has 0 saturated carbocycles. The molecule has 1 aromatic carbocycles. The third-order valence-electron chi connectivity index (χ3n) is 4.07. The van der Waals surface area contributed by atoms with E-state index in [0.717, 1.165) is 12.2 Å². The van der Waals surface area contributed by atoms with Gasteiger partial charge in [0.05, 0.1) is 0 Å². The molecule has 2 atom stereocenters. The monoisotopic (exact) mass is 262 g/mol. The standard InChI is InChI=1S/C16H26N2O/c1-13(15-8-5-6-12-18(15)2)19-16-9-4-3-7-14(16)10-11-17/h3-4,7,9,13,15H,5-6,8,10-12,17H2,1-2H3. The van der Waals surface area contributed by atoms with Crippen LogP contribution in [-0.2, 0) is 6.42 Å². The van der Waals surface area contributed by atoms with E-state index in [1.807, 2.05) is 6.07 Å². The number of likely N-dealkylation sites (tertiary alicyclic amines) is 1. The van der Waals surface area contributed by atoms with E-state index in [0.29, 0.717) is 12.6 Å². The summed E-state index contributed by atoms with van der Waals surface area (Å²) in [6, 6.07) is 8.78. The van der Waals surface area contributed by atoms with Gasteiger partial charge in [0.2, 0.25) is 0 Å². The molecule has 19 heavy (non-hydrogen) atoms. The number of piperidine rings is 1. The molecule has 0 amide bonds. The molecule has 0 bridgehead atoms. The van der Waals surface area contributed by atoms with Crippen LogP contribution in [0.3, 0.4) is 0 Å². The molecule has 1 heterocycles. The first kappa shape index (κ1) is 14.4. The third kappa shape index (κ3) is 3.71. The average molecular weight is 262 g/mol. The highest BCUT2D eigenvalue weighted by Crippen LogP contribution is 2.24. The average Bonchev–Trinajstić information content (AvgIpc) is 2.41. The summed E-state index contributed by atoms with van der Waals surface area (Å²) in [5.74, 6) is 0.999. The highest BCUT2D eigenvalue weighted by atomic mass is 16.5. The number of hydrogen-bond donors (Lipinski definition) is 1. The Morgan fingerprint density at radius 3 is 2.89 bits per heavy atom. The van der Waals surface area contributed by atoms with E-state index in [4.69, 9.17) is 10.5 Å². The van der Waals surface area contributed by atoms with Crippen molar-refractivity contribution in [3.05, 3.63) is 29.8 Å². The number of rotatable bonds is 5. The second-order valence-corrected chi connectivity index (χ2v) is 5.51. The van der Waals surface area contributed by atoms with Crippen LogP contribution in [0.1, 0.15) is 31.7 Å². The molecule has 2 N–H and O–H groups in total. The van der Waals surface area contributed by atoms with Crippen molar-refractivity contribution in [1.29, 1.82) is 0 Å². The lowest BCUT2D eigenvalue weighted by atomic mass is 9.98. The van der Waals surface area contributed by atoms with E-state index in [1.54, 1.807) is 0 Å². The van der Waals surface area contributed by atoms with E-state index in [-0.39, 0.29) is 6.10 Å². The molecule has 1 aliphatic heterocycles. The number of ether oxygens (including phenoxy) is 1. The van der Waals surface area contributed by atoms with Gasteiger partial charge in [0.15, 0.2) is 0 Å². The molecular weight excluding hydrogens is 236 g/mol. The Bertz CT molecular complexity index is 394. The molecule has 0 spiro atoms. The van der Waals surface area contributed by atoms with Gasteiger partial charge in [-0.2, -0.15) is 0 Å². The molecule has 1 fully saturated rings. The van der Waals surface area contributed by atoms with Crippen LogP contribution in [0.15, 0.2) is 24.3 Å². The zero-order chi connectivity index (χ0) is 13.7. The molecule has 3 heteroatoms. The van der Waals surface area contributed by atoms with Crippen molar-refractivity contribution >= 4 is 0 Å². The van der Waals surface area contributed by atoms with Crippen LogP contribution in [-0.4, -0.2) is 37.2 Å². The van der Waals surface area contributed by atoms with Crippen molar-refractivity contribution in [3.63, 3.8) is 0 Å². The van der Waals surface area contributed by atoms with Crippen molar-refractivity contribution in [2.24, 2.45) is 5.73 Å². The van der Waals surface area contributed by atoms with Gasteiger partial charge >= 0.3 is 0 Å². The second kappa shape index (κ2) is 6.92. The van der Waals surface area contributed by atoms with Gasteiger partial charge in [0.25, 0.3) is 0 Å². The summed E-state index contributed by atoms with van der Waals surface area (Å²) in [5.41, 5.74) is 6.88. The number of nitrogens with zero attached hydrogens (tertiary/aromatic N) is 1. The Morgan fingerprint density at radius 1 is 1.37 bits per heavy atom. The van der Waals surface area contributed by atoms with Crippen LogP contribution >= 0.6 is 0 Å². The molecule has 2 unspecified atom stereocenters. The van der Waals surface area contributed by atoms with Gasteiger partial charge in [-0.25, -0.2) is 0 Å². The number of benzene rings is 1. The first-order valence-corrected chi connectivity index (χ1v) is 7.37.